The van der Waals surface area contributed by atoms with E-state index in [4.69, 9.17) is 9.47 Å². The average molecular weight is 462 g/mol. The first-order valence-corrected chi connectivity index (χ1v) is 10.6. The van der Waals surface area contributed by atoms with Crippen LogP contribution in [-0.4, -0.2) is 47.9 Å². The Kier molecular flexibility index (Phi) is 4.96. The first-order chi connectivity index (χ1) is 16.3. The zero-order chi connectivity index (χ0) is 24.2. The lowest BCUT2D eigenvalue weighted by molar-refractivity contribution is 0.0223. The summed E-state index contributed by atoms with van der Waals surface area (Å²) in [5.41, 5.74) is 0.424. The fourth-order valence-corrected chi connectivity index (χ4v) is 4.82. The van der Waals surface area contributed by atoms with Crippen molar-refractivity contribution in [1.29, 1.82) is 0 Å². The van der Waals surface area contributed by atoms with Gasteiger partial charge in [-0.25, -0.2) is 9.59 Å². The number of phenolic OH excluding ortho intramolecular Hbond substituents is 2. The molecule has 0 fully saturated rings. The lowest BCUT2D eigenvalue weighted by atomic mass is 9.76. The number of carbonyl (C=O) groups is 2. The highest BCUT2D eigenvalue weighted by Crippen LogP contribution is 2.57. The predicted octanol–water partition coefficient (Wildman–Crippen LogP) is 2.84. The smallest absolute Gasteiger partial charge is 0.340 e. The number of carboxylic acids is 1. The second kappa shape index (κ2) is 7.75. The summed E-state index contributed by atoms with van der Waals surface area (Å²) in [7, 11) is 3.48. The largest absolute Gasteiger partial charge is 0.508 e. The molecular weight excluding hydrogens is 440 g/mol. The third-order valence-corrected chi connectivity index (χ3v) is 6.29. The Balaban J connectivity index is 1.89. The Morgan fingerprint density at radius 2 is 1.59 bits per heavy atom. The second-order valence-electron chi connectivity index (χ2n) is 8.23. The fourth-order valence-electron chi connectivity index (χ4n) is 4.82. The van der Waals surface area contributed by atoms with Crippen LogP contribution in [0.5, 0.6) is 23.0 Å². The Morgan fingerprint density at radius 1 is 0.971 bits per heavy atom. The number of fused-ring (bicyclic) bond motifs is 6. The van der Waals surface area contributed by atoms with Gasteiger partial charge in [0.15, 0.2) is 5.60 Å². The van der Waals surface area contributed by atoms with Crippen LogP contribution in [0.25, 0.3) is 0 Å². The zero-order valence-corrected chi connectivity index (χ0v) is 18.4. The van der Waals surface area contributed by atoms with Crippen LogP contribution in [0, 0.1) is 0 Å². The molecule has 0 aromatic heterocycles. The molecular formula is C25H22N2O7. The topological polar surface area (TPSA) is 137 Å². The summed E-state index contributed by atoms with van der Waals surface area (Å²) < 4.78 is 12.1. The predicted molar refractivity (Wildman–Crippen MR) is 121 cm³/mol. The number of phenols is 2. The van der Waals surface area contributed by atoms with Gasteiger partial charge >= 0.3 is 11.9 Å². The highest BCUT2D eigenvalue weighted by Gasteiger charge is 2.55. The molecule has 1 spiro atoms. The molecule has 3 aromatic rings. The van der Waals surface area contributed by atoms with Gasteiger partial charge < -0.3 is 35.4 Å². The van der Waals surface area contributed by atoms with Crippen LogP contribution >= 0.6 is 0 Å². The molecule has 34 heavy (non-hydrogen) atoms. The number of ether oxygens (including phenoxy) is 2. The number of hydrogen-bond donors (Lipinski definition) is 5. The Morgan fingerprint density at radius 3 is 2.12 bits per heavy atom. The van der Waals surface area contributed by atoms with Crippen LogP contribution in [0.2, 0.25) is 0 Å². The molecule has 0 radical (unpaired) electrons. The standard InChI is InChI=1S/C25H22N2O7/c1-26-11-19(27-2)15-7-12(23(30)31)8-18-22(15)24(32)34-25(18)16-5-3-13(28)9-20(16)33-21-10-14(29)4-6-17(21)25/h3-10,19,26-29H,11H2,1-2H3,(H,30,31). The molecule has 2 aliphatic rings. The maximum atomic E-state index is 13.5. The molecule has 9 nitrogen and oxygen atoms in total. The molecule has 0 saturated carbocycles. The zero-order valence-electron chi connectivity index (χ0n) is 18.4. The van der Waals surface area contributed by atoms with E-state index in [1.807, 2.05) is 0 Å². The first-order valence-electron chi connectivity index (χ1n) is 10.6. The van der Waals surface area contributed by atoms with Gasteiger partial charge in [0.1, 0.15) is 23.0 Å². The molecule has 2 heterocycles. The van der Waals surface area contributed by atoms with Crippen molar-refractivity contribution in [3.8, 4) is 23.0 Å². The molecule has 0 saturated heterocycles. The molecule has 9 heteroatoms. The lowest BCUT2D eigenvalue weighted by Crippen LogP contribution is -2.33. The van der Waals surface area contributed by atoms with E-state index in [0.717, 1.165) is 0 Å². The molecule has 174 valence electrons. The highest BCUT2D eigenvalue weighted by molar-refractivity contribution is 6.01. The van der Waals surface area contributed by atoms with E-state index in [-0.39, 0.29) is 40.2 Å². The number of nitrogens with one attached hydrogen (secondary N) is 2. The van der Waals surface area contributed by atoms with Crippen molar-refractivity contribution < 1.29 is 34.4 Å². The van der Waals surface area contributed by atoms with Gasteiger partial charge in [-0.3, -0.25) is 0 Å². The molecule has 3 aromatic carbocycles. The molecule has 1 atom stereocenters. The van der Waals surface area contributed by atoms with E-state index in [1.165, 1.54) is 36.4 Å². The minimum atomic E-state index is -1.53. The van der Waals surface area contributed by atoms with Gasteiger partial charge in [0.2, 0.25) is 0 Å². The number of hydrogen-bond acceptors (Lipinski definition) is 8. The normalized spacial score (nSPS) is 15.6. The van der Waals surface area contributed by atoms with Crippen molar-refractivity contribution in [3.05, 3.63) is 81.9 Å². The lowest BCUT2D eigenvalue weighted by Gasteiger charge is -2.36. The number of aromatic carboxylic acids is 1. The van der Waals surface area contributed by atoms with Crippen LogP contribution in [0.3, 0.4) is 0 Å². The molecule has 5 N–H and O–H groups in total. The van der Waals surface area contributed by atoms with Crippen LogP contribution in [0.1, 0.15) is 49.0 Å². The van der Waals surface area contributed by atoms with Crippen molar-refractivity contribution >= 4 is 11.9 Å². The Labute approximate surface area is 194 Å². The summed E-state index contributed by atoms with van der Waals surface area (Å²) in [6.45, 7) is 0.435. The monoisotopic (exact) mass is 462 g/mol. The molecule has 1 unspecified atom stereocenters. The summed E-state index contributed by atoms with van der Waals surface area (Å²) >= 11 is 0. The maximum Gasteiger partial charge on any atom is 0.340 e. The van der Waals surface area contributed by atoms with Crippen molar-refractivity contribution in [1.82, 2.24) is 10.6 Å². The van der Waals surface area contributed by atoms with E-state index < -0.39 is 17.5 Å². The Hall–Kier alpha value is -4.08. The number of esters is 1. The SMILES string of the molecule is CNCC(NC)c1cc(C(=O)O)cc2c1C(=O)OC21c2ccc(O)cc2Oc2cc(O)ccc21. The van der Waals surface area contributed by atoms with E-state index in [2.05, 4.69) is 10.6 Å². The Bertz CT molecular complexity index is 1300. The van der Waals surface area contributed by atoms with Crippen molar-refractivity contribution in [2.75, 3.05) is 20.6 Å². The fraction of sp³-hybridized carbons (Fsp3) is 0.200. The van der Waals surface area contributed by atoms with Gasteiger partial charge in [0, 0.05) is 41.4 Å². The maximum absolute atomic E-state index is 13.5. The third kappa shape index (κ3) is 3.01. The van der Waals surface area contributed by atoms with Gasteiger partial charge in [0.25, 0.3) is 0 Å². The summed E-state index contributed by atoms with van der Waals surface area (Å²) in [6.07, 6.45) is 0. The summed E-state index contributed by atoms with van der Waals surface area (Å²) in [4.78, 5) is 25.6. The van der Waals surface area contributed by atoms with Gasteiger partial charge in [-0.05, 0) is 56.1 Å². The number of carbonyl (C=O) groups excluding carboxylic acids is 1. The minimum absolute atomic E-state index is 0.00470. The van der Waals surface area contributed by atoms with Gasteiger partial charge in [0.05, 0.1) is 11.1 Å². The molecule has 0 amide bonds. The van der Waals surface area contributed by atoms with Crippen molar-refractivity contribution in [2.24, 2.45) is 0 Å². The summed E-state index contributed by atoms with van der Waals surface area (Å²) in [6, 6.07) is 11.4. The van der Waals surface area contributed by atoms with E-state index >= 15 is 0 Å². The van der Waals surface area contributed by atoms with Gasteiger partial charge in [-0.2, -0.15) is 0 Å². The van der Waals surface area contributed by atoms with Crippen LogP contribution in [0.15, 0.2) is 48.5 Å². The minimum Gasteiger partial charge on any atom is -0.508 e. The molecule has 5 rings (SSSR count). The third-order valence-electron chi connectivity index (χ3n) is 6.29. The molecule has 2 aliphatic heterocycles. The van der Waals surface area contributed by atoms with Crippen LogP contribution < -0.4 is 15.4 Å². The van der Waals surface area contributed by atoms with Gasteiger partial charge in [-0.1, -0.05) is 0 Å². The number of carboxylic acid groups (broad SMARTS) is 1. The summed E-state index contributed by atoms with van der Waals surface area (Å²) in [5.74, 6) is -1.44. The molecule has 0 aliphatic carbocycles. The quantitative estimate of drug-likeness (QED) is 0.362. The van der Waals surface area contributed by atoms with E-state index in [9.17, 15) is 24.9 Å². The average Bonchev–Trinajstić information content (AvgIpc) is 3.09. The van der Waals surface area contributed by atoms with Crippen LogP contribution in [-0.2, 0) is 10.3 Å². The van der Waals surface area contributed by atoms with Gasteiger partial charge in [-0.15, -0.1) is 0 Å². The van der Waals surface area contributed by atoms with E-state index in [0.29, 0.717) is 28.8 Å². The van der Waals surface area contributed by atoms with Crippen molar-refractivity contribution in [3.63, 3.8) is 0 Å². The second-order valence-corrected chi connectivity index (χ2v) is 8.23. The highest BCUT2D eigenvalue weighted by atomic mass is 16.6. The molecule has 0 bridgehead atoms. The number of benzene rings is 3. The van der Waals surface area contributed by atoms with Crippen LogP contribution in [0.4, 0.5) is 0 Å². The van der Waals surface area contributed by atoms with E-state index in [1.54, 1.807) is 26.2 Å². The number of likely N-dealkylation sites (N-methyl/N-ethyl adjacent to an activating group) is 2. The summed E-state index contributed by atoms with van der Waals surface area (Å²) in [5, 5.41) is 36.2. The van der Waals surface area contributed by atoms with Crippen molar-refractivity contribution in [2.45, 2.75) is 11.6 Å². The number of aromatic hydroxyl groups is 2. The number of rotatable bonds is 5. The first kappa shape index (κ1) is 21.7.